The maximum absolute atomic E-state index is 11.7. The fraction of sp³-hybridized carbons (Fsp3) is 1.00. The smallest absolute Gasteiger partial charge is 0.0942 e. The molecule has 1 fully saturated rings. The summed E-state index contributed by atoms with van der Waals surface area (Å²) < 4.78 is 13.7. The summed E-state index contributed by atoms with van der Waals surface area (Å²) in [4.78, 5) is 0. The molecule has 0 radical (unpaired) electrons. The molecule has 1 heterocycles. The Balaban J connectivity index is 2.45. The summed E-state index contributed by atoms with van der Waals surface area (Å²) in [6, 6.07) is 0. The highest BCUT2D eigenvalue weighted by Gasteiger charge is 2.26. The zero-order valence-electron chi connectivity index (χ0n) is 9.16. The zero-order valence-corrected chi connectivity index (χ0v) is 9.98. The normalized spacial score (nSPS) is 32.5. The molecule has 1 aliphatic heterocycles. The third kappa shape index (κ3) is 3.67. The maximum Gasteiger partial charge on any atom is 0.0942 e. The summed E-state index contributed by atoms with van der Waals surface area (Å²) in [6.45, 7) is 5.55. The lowest BCUT2D eigenvalue weighted by Crippen LogP contribution is -2.30. The summed E-state index contributed by atoms with van der Waals surface area (Å²) in [7, 11) is -0.829. The van der Waals surface area contributed by atoms with Gasteiger partial charge in [-0.05, 0) is 32.6 Å². The first-order chi connectivity index (χ1) is 6.55. The van der Waals surface area contributed by atoms with E-state index in [9.17, 15) is 9.32 Å². The first-order valence-electron chi connectivity index (χ1n) is 5.41. The molecular formula is C10H21NO2S. The fourth-order valence-electron chi connectivity index (χ4n) is 1.75. The van der Waals surface area contributed by atoms with E-state index in [-0.39, 0.29) is 0 Å². The SMILES string of the molecule is CCCS(=O)N1CCCC(C)(O)CC1. The molecule has 0 aromatic rings. The second kappa shape index (κ2) is 5.24. The Hall–Kier alpha value is 0.0700. The topological polar surface area (TPSA) is 40.5 Å². The second-order valence-electron chi connectivity index (χ2n) is 4.31. The van der Waals surface area contributed by atoms with Gasteiger partial charge in [0.2, 0.25) is 0 Å². The van der Waals surface area contributed by atoms with E-state index in [2.05, 4.69) is 0 Å². The van der Waals surface area contributed by atoms with Crippen molar-refractivity contribution in [1.29, 1.82) is 0 Å². The Kier molecular flexibility index (Phi) is 4.54. The van der Waals surface area contributed by atoms with Crippen molar-refractivity contribution < 1.29 is 9.32 Å². The number of hydrogen-bond donors (Lipinski definition) is 1. The molecule has 0 aromatic heterocycles. The predicted octanol–water partition coefficient (Wildman–Crippen LogP) is 1.30. The highest BCUT2D eigenvalue weighted by molar-refractivity contribution is 7.82. The van der Waals surface area contributed by atoms with Crippen molar-refractivity contribution in [3.8, 4) is 0 Å². The van der Waals surface area contributed by atoms with Gasteiger partial charge in [0.05, 0.1) is 16.6 Å². The van der Waals surface area contributed by atoms with Crippen LogP contribution in [-0.2, 0) is 11.0 Å². The van der Waals surface area contributed by atoms with Crippen LogP contribution >= 0.6 is 0 Å². The molecule has 14 heavy (non-hydrogen) atoms. The van der Waals surface area contributed by atoms with Crippen LogP contribution in [0.1, 0.15) is 39.5 Å². The molecule has 0 saturated carbocycles. The average Bonchev–Trinajstić information content (AvgIpc) is 2.27. The van der Waals surface area contributed by atoms with Crippen LogP contribution in [0.25, 0.3) is 0 Å². The van der Waals surface area contributed by atoms with Gasteiger partial charge in [-0.3, -0.25) is 0 Å². The van der Waals surface area contributed by atoms with Crippen LogP contribution in [0.3, 0.4) is 0 Å². The molecule has 4 heteroatoms. The molecule has 0 spiro atoms. The standard InChI is InChI=1S/C10H21NO2S/c1-3-9-14(13)11-7-4-5-10(2,12)6-8-11/h12H,3-9H2,1-2H3. The van der Waals surface area contributed by atoms with Crippen LogP contribution in [0.5, 0.6) is 0 Å². The van der Waals surface area contributed by atoms with Gasteiger partial charge in [0.1, 0.15) is 0 Å². The summed E-state index contributed by atoms with van der Waals surface area (Å²) >= 11 is 0. The van der Waals surface area contributed by atoms with Gasteiger partial charge in [0, 0.05) is 18.8 Å². The van der Waals surface area contributed by atoms with E-state index in [1.807, 2.05) is 18.2 Å². The molecule has 0 amide bonds. The monoisotopic (exact) mass is 219 g/mol. The van der Waals surface area contributed by atoms with Gasteiger partial charge in [-0.15, -0.1) is 0 Å². The van der Waals surface area contributed by atoms with Gasteiger partial charge in [-0.2, -0.15) is 0 Å². The number of nitrogens with zero attached hydrogens (tertiary/aromatic N) is 1. The lowest BCUT2D eigenvalue weighted by molar-refractivity contribution is 0.0465. The van der Waals surface area contributed by atoms with Gasteiger partial charge < -0.3 is 5.11 Å². The Morgan fingerprint density at radius 2 is 2.14 bits per heavy atom. The van der Waals surface area contributed by atoms with Crippen LogP contribution in [-0.4, -0.2) is 38.1 Å². The van der Waals surface area contributed by atoms with Crippen LogP contribution in [0, 0.1) is 0 Å². The minimum absolute atomic E-state index is 0.550. The first-order valence-corrected chi connectivity index (χ1v) is 6.68. The van der Waals surface area contributed by atoms with Crippen molar-refractivity contribution in [2.75, 3.05) is 18.8 Å². The minimum Gasteiger partial charge on any atom is -0.390 e. The lowest BCUT2D eigenvalue weighted by atomic mass is 9.98. The van der Waals surface area contributed by atoms with Gasteiger partial charge in [0.15, 0.2) is 0 Å². The van der Waals surface area contributed by atoms with Crippen LogP contribution in [0.4, 0.5) is 0 Å². The molecule has 3 nitrogen and oxygen atoms in total. The van der Waals surface area contributed by atoms with Crippen molar-refractivity contribution in [1.82, 2.24) is 4.31 Å². The van der Waals surface area contributed by atoms with Crippen LogP contribution in [0.2, 0.25) is 0 Å². The Bertz CT molecular complexity index is 206. The Morgan fingerprint density at radius 1 is 1.43 bits per heavy atom. The van der Waals surface area contributed by atoms with E-state index in [0.29, 0.717) is 0 Å². The third-order valence-electron chi connectivity index (χ3n) is 2.69. The molecule has 1 saturated heterocycles. The van der Waals surface area contributed by atoms with Crippen LogP contribution in [0.15, 0.2) is 0 Å². The highest BCUT2D eigenvalue weighted by atomic mass is 32.2. The van der Waals surface area contributed by atoms with E-state index in [1.165, 1.54) is 0 Å². The molecule has 84 valence electrons. The van der Waals surface area contributed by atoms with E-state index in [4.69, 9.17) is 0 Å². The Morgan fingerprint density at radius 3 is 2.79 bits per heavy atom. The van der Waals surface area contributed by atoms with E-state index in [0.717, 1.165) is 44.5 Å². The zero-order chi connectivity index (χ0) is 10.6. The predicted molar refractivity (Wildman–Crippen MR) is 59.3 cm³/mol. The van der Waals surface area contributed by atoms with E-state index >= 15 is 0 Å². The molecule has 1 aliphatic rings. The Labute approximate surface area is 89.1 Å². The highest BCUT2D eigenvalue weighted by Crippen LogP contribution is 2.22. The summed E-state index contributed by atoms with van der Waals surface area (Å²) in [5.74, 6) is 0.752. The molecule has 2 unspecified atom stereocenters. The lowest BCUT2D eigenvalue weighted by Gasteiger charge is -2.21. The molecule has 0 bridgehead atoms. The quantitative estimate of drug-likeness (QED) is 0.777. The third-order valence-corrected chi connectivity index (χ3v) is 4.39. The summed E-state index contributed by atoms with van der Waals surface area (Å²) in [5.41, 5.74) is -0.550. The summed E-state index contributed by atoms with van der Waals surface area (Å²) in [5, 5.41) is 9.86. The van der Waals surface area contributed by atoms with Gasteiger partial charge in [-0.1, -0.05) is 6.92 Å². The molecule has 1 N–H and O–H groups in total. The van der Waals surface area contributed by atoms with E-state index in [1.54, 1.807) is 0 Å². The van der Waals surface area contributed by atoms with Crippen molar-refractivity contribution in [3.63, 3.8) is 0 Å². The second-order valence-corrected chi connectivity index (χ2v) is 5.87. The van der Waals surface area contributed by atoms with Gasteiger partial charge in [0.25, 0.3) is 0 Å². The van der Waals surface area contributed by atoms with Crippen LogP contribution < -0.4 is 0 Å². The maximum atomic E-state index is 11.7. The number of rotatable bonds is 3. The van der Waals surface area contributed by atoms with Crippen molar-refractivity contribution >= 4 is 11.0 Å². The molecule has 1 rings (SSSR count). The van der Waals surface area contributed by atoms with Crippen molar-refractivity contribution in [2.24, 2.45) is 0 Å². The molecular weight excluding hydrogens is 198 g/mol. The molecule has 2 atom stereocenters. The largest absolute Gasteiger partial charge is 0.390 e. The first kappa shape index (κ1) is 12.1. The fourth-order valence-corrected chi connectivity index (χ4v) is 2.98. The van der Waals surface area contributed by atoms with Crippen molar-refractivity contribution in [3.05, 3.63) is 0 Å². The minimum atomic E-state index is -0.829. The van der Waals surface area contributed by atoms with Crippen molar-refractivity contribution in [2.45, 2.75) is 45.1 Å². The molecule has 0 aromatic carbocycles. The van der Waals surface area contributed by atoms with Gasteiger partial charge in [-0.25, -0.2) is 8.51 Å². The number of aliphatic hydroxyl groups is 1. The number of hydrogen-bond acceptors (Lipinski definition) is 2. The molecule has 0 aliphatic carbocycles. The summed E-state index contributed by atoms with van der Waals surface area (Å²) in [6.07, 6.45) is 3.47. The average molecular weight is 219 g/mol. The van der Waals surface area contributed by atoms with Gasteiger partial charge >= 0.3 is 0 Å². The van der Waals surface area contributed by atoms with E-state index < -0.39 is 16.6 Å².